The molecule has 0 spiro atoms. The monoisotopic (exact) mass is 366 g/mol. The van der Waals surface area contributed by atoms with Gasteiger partial charge in [0, 0.05) is 45.1 Å². The Morgan fingerprint density at radius 1 is 1.44 bits per heavy atom. The zero-order chi connectivity index (χ0) is 17.6. The van der Waals surface area contributed by atoms with Gasteiger partial charge in [-0.25, -0.2) is 4.98 Å². The van der Waals surface area contributed by atoms with Gasteiger partial charge < -0.3 is 19.9 Å². The van der Waals surface area contributed by atoms with Gasteiger partial charge in [0.1, 0.15) is 0 Å². The van der Waals surface area contributed by atoms with Gasteiger partial charge in [0.05, 0.1) is 24.8 Å². The van der Waals surface area contributed by atoms with Gasteiger partial charge in [-0.15, -0.1) is 11.3 Å². The van der Waals surface area contributed by atoms with E-state index >= 15 is 0 Å². The molecule has 0 aliphatic carbocycles. The number of hydrogen-bond donors (Lipinski definition) is 1. The van der Waals surface area contributed by atoms with Crippen LogP contribution in [-0.2, 0) is 20.9 Å². The minimum atomic E-state index is -0.147. The van der Waals surface area contributed by atoms with Crippen LogP contribution in [0.25, 0.3) is 0 Å². The van der Waals surface area contributed by atoms with E-state index in [1.807, 2.05) is 5.38 Å². The molecule has 1 aromatic rings. The number of rotatable bonds is 7. The van der Waals surface area contributed by atoms with Crippen molar-refractivity contribution in [3.63, 3.8) is 0 Å². The summed E-state index contributed by atoms with van der Waals surface area (Å²) in [5.41, 5.74) is 0.906. The van der Waals surface area contributed by atoms with E-state index in [1.54, 1.807) is 23.3 Å². The molecule has 8 heteroatoms. The SMILES string of the molecule is COCCN1CC(C(=O)NCc2csc(N3CCCC3)n2)CCC1=O. The molecule has 7 nitrogen and oxygen atoms in total. The molecule has 2 aliphatic heterocycles. The lowest BCUT2D eigenvalue weighted by Crippen LogP contribution is -2.46. The summed E-state index contributed by atoms with van der Waals surface area (Å²) in [6.45, 7) is 4.12. The fourth-order valence-electron chi connectivity index (χ4n) is 3.30. The lowest BCUT2D eigenvalue weighted by molar-refractivity contribution is -0.138. The third-order valence-corrected chi connectivity index (χ3v) is 5.75. The van der Waals surface area contributed by atoms with E-state index in [2.05, 4.69) is 15.2 Å². The van der Waals surface area contributed by atoms with Crippen molar-refractivity contribution >= 4 is 28.3 Å². The van der Waals surface area contributed by atoms with Crippen molar-refractivity contribution in [2.75, 3.05) is 44.8 Å². The second kappa shape index (κ2) is 8.62. The smallest absolute Gasteiger partial charge is 0.225 e. The summed E-state index contributed by atoms with van der Waals surface area (Å²) in [6.07, 6.45) is 3.50. The molecule has 0 radical (unpaired) electrons. The third-order valence-electron chi connectivity index (χ3n) is 4.80. The summed E-state index contributed by atoms with van der Waals surface area (Å²) in [4.78, 5) is 33.0. The lowest BCUT2D eigenvalue weighted by atomic mass is 9.96. The Morgan fingerprint density at radius 2 is 2.24 bits per heavy atom. The van der Waals surface area contributed by atoms with Gasteiger partial charge in [0.15, 0.2) is 5.13 Å². The average Bonchev–Trinajstić information content (AvgIpc) is 3.30. The van der Waals surface area contributed by atoms with Crippen LogP contribution in [0.1, 0.15) is 31.4 Å². The molecule has 1 atom stereocenters. The molecule has 2 aliphatic rings. The van der Waals surface area contributed by atoms with E-state index in [0.29, 0.717) is 39.1 Å². The minimum Gasteiger partial charge on any atom is -0.383 e. The van der Waals surface area contributed by atoms with Gasteiger partial charge in [-0.1, -0.05) is 0 Å². The topological polar surface area (TPSA) is 74.8 Å². The summed E-state index contributed by atoms with van der Waals surface area (Å²) < 4.78 is 5.03. The Kier molecular flexibility index (Phi) is 6.25. The van der Waals surface area contributed by atoms with Gasteiger partial charge in [-0.3, -0.25) is 9.59 Å². The quantitative estimate of drug-likeness (QED) is 0.786. The predicted octanol–water partition coefficient (Wildman–Crippen LogP) is 1.24. The molecule has 2 fully saturated rings. The number of anilines is 1. The third kappa shape index (κ3) is 4.70. The fourth-order valence-corrected chi connectivity index (χ4v) is 4.18. The van der Waals surface area contributed by atoms with Crippen molar-refractivity contribution in [1.29, 1.82) is 0 Å². The first kappa shape index (κ1) is 18.1. The van der Waals surface area contributed by atoms with Crippen LogP contribution in [-0.4, -0.2) is 61.6 Å². The van der Waals surface area contributed by atoms with Crippen LogP contribution in [0.3, 0.4) is 0 Å². The molecule has 0 bridgehead atoms. The highest BCUT2D eigenvalue weighted by Gasteiger charge is 2.29. The number of thiazole rings is 1. The summed E-state index contributed by atoms with van der Waals surface area (Å²) in [5, 5.41) is 6.05. The molecule has 0 saturated carbocycles. The second-order valence-corrected chi connectivity index (χ2v) is 7.44. The molecule has 3 rings (SSSR count). The van der Waals surface area contributed by atoms with Gasteiger partial charge in [0.2, 0.25) is 11.8 Å². The van der Waals surface area contributed by atoms with Crippen molar-refractivity contribution in [3.8, 4) is 0 Å². The summed E-state index contributed by atoms with van der Waals surface area (Å²) >= 11 is 1.64. The number of carbonyl (C=O) groups is 2. The first-order valence-electron chi connectivity index (χ1n) is 8.91. The number of methoxy groups -OCH3 is 1. The van der Waals surface area contributed by atoms with Crippen molar-refractivity contribution in [3.05, 3.63) is 11.1 Å². The molecule has 2 saturated heterocycles. The molecule has 3 heterocycles. The first-order valence-corrected chi connectivity index (χ1v) is 9.79. The van der Waals surface area contributed by atoms with Crippen LogP contribution >= 0.6 is 11.3 Å². The number of likely N-dealkylation sites (tertiary alicyclic amines) is 1. The minimum absolute atomic E-state index is 0.00522. The van der Waals surface area contributed by atoms with Crippen LogP contribution < -0.4 is 10.2 Å². The number of aromatic nitrogens is 1. The van der Waals surface area contributed by atoms with Gasteiger partial charge >= 0.3 is 0 Å². The molecule has 1 aromatic heterocycles. The zero-order valence-corrected chi connectivity index (χ0v) is 15.5. The van der Waals surface area contributed by atoms with Crippen LogP contribution in [0.4, 0.5) is 5.13 Å². The molecule has 1 unspecified atom stereocenters. The number of piperidine rings is 1. The van der Waals surface area contributed by atoms with Gasteiger partial charge in [0.25, 0.3) is 0 Å². The van der Waals surface area contributed by atoms with E-state index in [-0.39, 0.29) is 17.7 Å². The Hall–Kier alpha value is -1.67. The van der Waals surface area contributed by atoms with E-state index in [4.69, 9.17) is 4.74 Å². The molecule has 25 heavy (non-hydrogen) atoms. The highest BCUT2D eigenvalue weighted by molar-refractivity contribution is 7.13. The molecule has 1 N–H and O–H groups in total. The molecule has 0 aromatic carbocycles. The van der Waals surface area contributed by atoms with Crippen molar-refractivity contribution < 1.29 is 14.3 Å². The van der Waals surface area contributed by atoms with Gasteiger partial charge in [-0.05, 0) is 19.3 Å². The molecular weight excluding hydrogens is 340 g/mol. The van der Waals surface area contributed by atoms with Crippen LogP contribution in [0.15, 0.2) is 5.38 Å². The highest BCUT2D eigenvalue weighted by Crippen LogP contribution is 2.24. The molecule has 138 valence electrons. The van der Waals surface area contributed by atoms with Crippen LogP contribution in [0.5, 0.6) is 0 Å². The van der Waals surface area contributed by atoms with E-state index in [1.165, 1.54) is 12.8 Å². The number of hydrogen-bond acceptors (Lipinski definition) is 6. The largest absolute Gasteiger partial charge is 0.383 e. The van der Waals surface area contributed by atoms with E-state index < -0.39 is 0 Å². The van der Waals surface area contributed by atoms with Crippen LogP contribution in [0.2, 0.25) is 0 Å². The zero-order valence-electron chi connectivity index (χ0n) is 14.7. The Morgan fingerprint density at radius 3 is 3.00 bits per heavy atom. The number of carbonyl (C=O) groups excluding carboxylic acids is 2. The van der Waals surface area contributed by atoms with Crippen molar-refractivity contribution in [2.45, 2.75) is 32.2 Å². The molecule has 2 amide bonds. The maximum Gasteiger partial charge on any atom is 0.225 e. The van der Waals surface area contributed by atoms with Crippen molar-refractivity contribution in [1.82, 2.24) is 15.2 Å². The second-order valence-electron chi connectivity index (χ2n) is 6.60. The number of nitrogens with zero attached hydrogens (tertiary/aromatic N) is 3. The number of nitrogens with one attached hydrogen (secondary N) is 1. The lowest BCUT2D eigenvalue weighted by Gasteiger charge is -2.31. The summed E-state index contributed by atoms with van der Waals surface area (Å²) in [6, 6.07) is 0. The van der Waals surface area contributed by atoms with Crippen molar-refractivity contribution in [2.24, 2.45) is 5.92 Å². The number of amides is 2. The van der Waals surface area contributed by atoms with Crippen LogP contribution in [0, 0.1) is 5.92 Å². The summed E-state index contributed by atoms with van der Waals surface area (Å²) in [7, 11) is 1.61. The average molecular weight is 366 g/mol. The summed E-state index contributed by atoms with van der Waals surface area (Å²) in [5.74, 6) is -0.0345. The Labute approximate surface area is 152 Å². The van der Waals surface area contributed by atoms with E-state index in [9.17, 15) is 9.59 Å². The molecular formula is C17H26N4O3S. The maximum absolute atomic E-state index is 12.4. The normalized spacial score (nSPS) is 21.0. The fraction of sp³-hybridized carbons (Fsp3) is 0.706. The first-order chi connectivity index (χ1) is 12.2. The predicted molar refractivity (Wildman–Crippen MR) is 96.6 cm³/mol. The maximum atomic E-state index is 12.4. The Bertz CT molecular complexity index is 600. The van der Waals surface area contributed by atoms with E-state index in [0.717, 1.165) is 23.9 Å². The Balaban J connectivity index is 1.48. The number of ether oxygens (including phenoxy) is 1. The van der Waals surface area contributed by atoms with Gasteiger partial charge in [-0.2, -0.15) is 0 Å². The standard InChI is InChI=1S/C17H26N4O3S/c1-24-9-8-21-11-13(4-5-15(21)22)16(23)18-10-14-12-25-17(19-14)20-6-2-3-7-20/h12-13H,2-11H2,1H3,(H,18,23). The highest BCUT2D eigenvalue weighted by atomic mass is 32.1.